The van der Waals surface area contributed by atoms with E-state index < -0.39 is 37.9 Å². The minimum absolute atomic E-state index is 0. The topological polar surface area (TPSA) is 172 Å². The molecular formula is C21H31Cl2N5O6S2. The van der Waals surface area contributed by atoms with Crippen LogP contribution in [0.15, 0.2) is 52.3 Å². The third-order valence-corrected chi connectivity index (χ3v) is 7.56. The standard InChI is InChI=1S/C21H29N5O6S2.2ClH/c1-5-26(6-2)14(3)25-34(30,31)17-10-8-16(9-11-17)32-18-12-7-15(20(27)24-21(22)23)13-19(18)33(4,28)29;;/h7-14,25H,5-6H2,1-4H3,(H4,22,23,24,27);2*1H. The van der Waals surface area contributed by atoms with E-state index in [4.69, 9.17) is 15.9 Å². The van der Waals surface area contributed by atoms with E-state index in [1.165, 1.54) is 36.4 Å². The first-order valence-corrected chi connectivity index (χ1v) is 13.7. The van der Waals surface area contributed by atoms with E-state index in [0.29, 0.717) is 13.1 Å². The number of rotatable bonds is 10. The molecule has 2 rings (SSSR count). The smallest absolute Gasteiger partial charge is 0.257 e. The third kappa shape index (κ3) is 8.91. The number of amides is 1. The molecule has 0 radical (unpaired) electrons. The van der Waals surface area contributed by atoms with Gasteiger partial charge in [0.05, 0.1) is 11.1 Å². The van der Waals surface area contributed by atoms with Crippen molar-refractivity contribution in [1.82, 2.24) is 14.9 Å². The molecule has 0 aromatic heterocycles. The van der Waals surface area contributed by atoms with Crippen molar-refractivity contribution in [2.45, 2.75) is 36.7 Å². The summed E-state index contributed by atoms with van der Waals surface area (Å²) in [7, 11) is -7.58. The maximum Gasteiger partial charge on any atom is 0.257 e. The van der Waals surface area contributed by atoms with E-state index in [1.54, 1.807) is 6.92 Å². The Morgan fingerprint density at radius 2 is 1.61 bits per heavy atom. The SMILES string of the molecule is CCN(CC)C(C)NS(=O)(=O)c1ccc(Oc2ccc(C(=O)NC(=N)N)cc2S(C)(=O)=O)cc1.Cl.Cl. The van der Waals surface area contributed by atoms with Crippen molar-refractivity contribution in [3.63, 3.8) is 0 Å². The quantitative estimate of drug-likeness (QED) is 0.187. The zero-order chi connectivity index (χ0) is 25.7. The monoisotopic (exact) mass is 583 g/mol. The average Bonchev–Trinajstić information content (AvgIpc) is 2.73. The summed E-state index contributed by atoms with van der Waals surface area (Å²) in [5, 5.41) is 9.21. The number of nitrogens with one attached hydrogen (secondary N) is 3. The van der Waals surface area contributed by atoms with Gasteiger partial charge in [-0.25, -0.2) is 16.8 Å². The lowest BCUT2D eigenvalue weighted by Gasteiger charge is -2.26. The average molecular weight is 585 g/mol. The summed E-state index contributed by atoms with van der Waals surface area (Å²) in [6, 6.07) is 9.23. The molecule has 2 aromatic carbocycles. The minimum Gasteiger partial charge on any atom is -0.456 e. The Morgan fingerprint density at radius 1 is 1.06 bits per heavy atom. The number of guanidine groups is 1. The zero-order valence-corrected chi connectivity index (χ0v) is 23.4. The van der Waals surface area contributed by atoms with Gasteiger partial charge in [-0.15, -0.1) is 24.8 Å². The van der Waals surface area contributed by atoms with E-state index in [0.717, 1.165) is 12.3 Å². The van der Waals surface area contributed by atoms with Gasteiger partial charge in [-0.2, -0.15) is 4.72 Å². The summed E-state index contributed by atoms with van der Waals surface area (Å²) >= 11 is 0. The summed E-state index contributed by atoms with van der Waals surface area (Å²) in [6.07, 6.45) is 0.562. The lowest BCUT2D eigenvalue weighted by atomic mass is 10.2. The van der Waals surface area contributed by atoms with E-state index >= 15 is 0 Å². The number of halogens is 2. The van der Waals surface area contributed by atoms with Crippen molar-refractivity contribution in [2.75, 3.05) is 19.3 Å². The predicted molar refractivity (Wildman–Crippen MR) is 143 cm³/mol. The first-order valence-electron chi connectivity index (χ1n) is 10.3. The highest BCUT2D eigenvalue weighted by Gasteiger charge is 2.22. The van der Waals surface area contributed by atoms with Crippen LogP contribution in [0.25, 0.3) is 0 Å². The van der Waals surface area contributed by atoms with Crippen LogP contribution in [0.3, 0.4) is 0 Å². The van der Waals surface area contributed by atoms with Gasteiger partial charge in [0, 0.05) is 11.8 Å². The fourth-order valence-corrected chi connectivity index (χ4v) is 5.21. The molecule has 0 saturated heterocycles. The summed E-state index contributed by atoms with van der Waals surface area (Å²) in [5.74, 6) is -1.18. The second-order valence-electron chi connectivity index (χ2n) is 7.39. The first kappa shape index (κ1) is 33.6. The lowest BCUT2D eigenvalue weighted by molar-refractivity contribution is 0.0976. The van der Waals surface area contributed by atoms with Crippen LogP contribution in [0.1, 0.15) is 31.1 Å². The van der Waals surface area contributed by atoms with Gasteiger partial charge in [0.2, 0.25) is 10.0 Å². The number of nitrogens with two attached hydrogens (primary N) is 1. The van der Waals surface area contributed by atoms with Crippen LogP contribution in [0, 0.1) is 5.41 Å². The van der Waals surface area contributed by atoms with Crippen LogP contribution in [0.2, 0.25) is 0 Å². The lowest BCUT2D eigenvalue weighted by Crippen LogP contribution is -2.45. The van der Waals surface area contributed by atoms with Gasteiger partial charge in [0.25, 0.3) is 5.91 Å². The third-order valence-electron chi connectivity index (χ3n) is 4.90. The Morgan fingerprint density at radius 3 is 2.08 bits per heavy atom. The molecule has 1 atom stereocenters. The van der Waals surface area contributed by atoms with Gasteiger partial charge in [-0.05, 0) is 62.5 Å². The molecule has 15 heteroatoms. The number of benzene rings is 2. The van der Waals surface area contributed by atoms with Gasteiger partial charge >= 0.3 is 0 Å². The molecule has 5 N–H and O–H groups in total. The molecule has 0 heterocycles. The highest BCUT2D eigenvalue weighted by molar-refractivity contribution is 7.90. The largest absolute Gasteiger partial charge is 0.456 e. The molecule has 2 aromatic rings. The fourth-order valence-electron chi connectivity index (χ4n) is 3.17. The number of sulfonamides is 1. The minimum atomic E-state index is -3.80. The molecule has 0 bridgehead atoms. The molecule has 1 amide bonds. The van der Waals surface area contributed by atoms with Crippen LogP contribution in [0.5, 0.6) is 11.5 Å². The summed E-state index contributed by atoms with van der Waals surface area (Å²) < 4.78 is 58.2. The van der Waals surface area contributed by atoms with Crippen LogP contribution in [-0.2, 0) is 19.9 Å². The second kappa shape index (κ2) is 13.8. The summed E-state index contributed by atoms with van der Waals surface area (Å²) in [5.41, 5.74) is 5.11. The molecule has 0 fully saturated rings. The maximum absolute atomic E-state index is 12.7. The van der Waals surface area contributed by atoms with E-state index in [-0.39, 0.29) is 51.7 Å². The van der Waals surface area contributed by atoms with Gasteiger partial charge < -0.3 is 10.5 Å². The Labute approximate surface area is 224 Å². The predicted octanol–water partition coefficient (Wildman–Crippen LogP) is 2.32. The number of hydrogen-bond donors (Lipinski definition) is 4. The van der Waals surface area contributed by atoms with Gasteiger partial charge in [-0.3, -0.25) is 20.4 Å². The molecule has 0 aliphatic rings. The Hall–Kier alpha value is -2.42. The molecule has 0 saturated carbocycles. The summed E-state index contributed by atoms with van der Waals surface area (Å²) in [6.45, 7) is 7.01. The number of ether oxygens (including phenoxy) is 1. The number of hydrogen-bond acceptors (Lipinski definition) is 8. The van der Waals surface area contributed by atoms with Crippen LogP contribution in [0.4, 0.5) is 0 Å². The van der Waals surface area contributed by atoms with Crippen molar-refractivity contribution in [3.8, 4) is 11.5 Å². The normalized spacial score (nSPS) is 12.1. The fraction of sp³-hybridized carbons (Fsp3) is 0.333. The van der Waals surface area contributed by atoms with Crippen LogP contribution < -0.4 is 20.5 Å². The Bertz CT molecular complexity index is 1270. The number of nitrogens with zero attached hydrogens (tertiary/aromatic N) is 1. The molecule has 36 heavy (non-hydrogen) atoms. The molecule has 202 valence electrons. The van der Waals surface area contributed by atoms with E-state index in [1.807, 2.05) is 18.7 Å². The highest BCUT2D eigenvalue weighted by atomic mass is 35.5. The molecule has 0 aliphatic heterocycles. The van der Waals surface area contributed by atoms with Crippen molar-refractivity contribution in [3.05, 3.63) is 48.0 Å². The Balaban J connectivity index is 0.00000612. The molecule has 11 nitrogen and oxygen atoms in total. The molecule has 0 aliphatic carbocycles. The molecule has 1 unspecified atom stereocenters. The second-order valence-corrected chi connectivity index (χ2v) is 11.1. The molecular weight excluding hydrogens is 553 g/mol. The highest BCUT2D eigenvalue weighted by Crippen LogP contribution is 2.30. The van der Waals surface area contributed by atoms with Crippen LogP contribution in [-0.4, -0.2) is 59.1 Å². The number of carbonyl (C=O) groups excluding carboxylic acids is 1. The van der Waals surface area contributed by atoms with Gasteiger partial charge in [0.1, 0.15) is 16.4 Å². The van der Waals surface area contributed by atoms with E-state index in [9.17, 15) is 21.6 Å². The van der Waals surface area contributed by atoms with Crippen molar-refractivity contribution in [2.24, 2.45) is 5.73 Å². The number of carbonyl (C=O) groups is 1. The van der Waals surface area contributed by atoms with Gasteiger partial charge in [0.15, 0.2) is 15.8 Å². The van der Waals surface area contributed by atoms with Gasteiger partial charge in [-0.1, -0.05) is 13.8 Å². The van der Waals surface area contributed by atoms with Crippen molar-refractivity contribution < 1.29 is 26.4 Å². The van der Waals surface area contributed by atoms with Crippen molar-refractivity contribution >= 4 is 56.5 Å². The number of sulfone groups is 1. The van der Waals surface area contributed by atoms with Crippen molar-refractivity contribution in [1.29, 1.82) is 5.41 Å². The Kier molecular flexibility index (Phi) is 12.8. The first-order chi connectivity index (χ1) is 15.8. The zero-order valence-electron chi connectivity index (χ0n) is 20.1. The maximum atomic E-state index is 12.7. The molecule has 0 spiro atoms. The van der Waals surface area contributed by atoms with E-state index in [2.05, 4.69) is 10.0 Å². The van der Waals surface area contributed by atoms with Crippen LogP contribution >= 0.6 is 24.8 Å². The summed E-state index contributed by atoms with van der Waals surface area (Å²) in [4.78, 5) is 13.8.